The predicted octanol–water partition coefficient (Wildman–Crippen LogP) is 3.33. The van der Waals surface area contributed by atoms with Gasteiger partial charge in [0.05, 0.1) is 0 Å². The molecule has 0 aliphatic carbocycles. The van der Waals surface area contributed by atoms with E-state index >= 15 is 0 Å². The number of hydrogen-bond donors (Lipinski definition) is 1. The van der Waals surface area contributed by atoms with Gasteiger partial charge in [0.15, 0.2) is 0 Å². The van der Waals surface area contributed by atoms with Gasteiger partial charge in [-0.3, -0.25) is 4.79 Å². The largest absolute Gasteiger partial charge is 0.480 e. The smallest absolute Gasteiger partial charge is 0.326 e. The van der Waals surface area contributed by atoms with Crippen LogP contribution in [0.2, 0.25) is 10.0 Å². The molecule has 0 aliphatic heterocycles. The van der Waals surface area contributed by atoms with Crippen LogP contribution in [-0.2, 0) is 9.59 Å². The number of rotatable bonds is 5. The molecular formula is C14H15Cl2NO3. The molecule has 6 heteroatoms. The average Bonchev–Trinajstić information content (AvgIpc) is 2.38. The molecule has 20 heavy (non-hydrogen) atoms. The molecule has 0 aliphatic rings. The van der Waals surface area contributed by atoms with Gasteiger partial charge in [-0.05, 0) is 24.6 Å². The Morgan fingerprint density at radius 1 is 1.35 bits per heavy atom. The van der Waals surface area contributed by atoms with E-state index in [4.69, 9.17) is 28.3 Å². The Labute approximate surface area is 127 Å². The van der Waals surface area contributed by atoms with Crippen LogP contribution in [0, 0.1) is 0 Å². The number of carbonyl (C=O) groups excluding carboxylic acids is 1. The molecule has 1 unspecified atom stereocenters. The summed E-state index contributed by atoms with van der Waals surface area (Å²) >= 11 is 12.0. The Kier molecular flexibility index (Phi) is 6.05. The molecule has 0 spiro atoms. The SMILES string of the molecule is CCC(C(=O)O)N(C)C(=O)C=Cc1c(Cl)cccc1Cl. The lowest BCUT2D eigenvalue weighted by Crippen LogP contribution is -2.41. The average molecular weight is 316 g/mol. The minimum Gasteiger partial charge on any atom is -0.480 e. The normalized spacial score (nSPS) is 12.4. The zero-order valence-corrected chi connectivity index (χ0v) is 12.6. The van der Waals surface area contributed by atoms with Gasteiger partial charge in [-0.25, -0.2) is 4.79 Å². The van der Waals surface area contributed by atoms with Crippen LogP contribution in [0.5, 0.6) is 0 Å². The first-order chi connectivity index (χ1) is 9.38. The summed E-state index contributed by atoms with van der Waals surface area (Å²) in [5, 5.41) is 9.86. The summed E-state index contributed by atoms with van der Waals surface area (Å²) < 4.78 is 0. The standard InChI is InChI=1S/C14H15Cl2NO3/c1-3-12(14(19)20)17(2)13(18)8-7-9-10(15)5-4-6-11(9)16/h4-8,12H,3H2,1-2H3,(H,19,20). The molecule has 1 aromatic rings. The van der Waals surface area contributed by atoms with Gasteiger partial charge in [-0.1, -0.05) is 36.2 Å². The van der Waals surface area contributed by atoms with Crippen LogP contribution < -0.4 is 0 Å². The molecule has 0 saturated heterocycles. The topological polar surface area (TPSA) is 57.6 Å². The summed E-state index contributed by atoms with van der Waals surface area (Å²) in [6.45, 7) is 1.71. The minimum absolute atomic E-state index is 0.332. The third-order valence-electron chi connectivity index (χ3n) is 2.88. The van der Waals surface area contributed by atoms with Gasteiger partial charge in [-0.15, -0.1) is 0 Å². The van der Waals surface area contributed by atoms with Crippen molar-refractivity contribution in [1.29, 1.82) is 0 Å². The second-order valence-corrected chi connectivity index (χ2v) is 4.99. The van der Waals surface area contributed by atoms with Crippen molar-refractivity contribution >= 4 is 41.2 Å². The van der Waals surface area contributed by atoms with Gasteiger partial charge >= 0.3 is 5.97 Å². The van der Waals surface area contributed by atoms with Crippen LogP contribution >= 0.6 is 23.2 Å². The molecular weight excluding hydrogens is 301 g/mol. The number of carboxylic acids is 1. The molecule has 1 amide bonds. The fourth-order valence-electron chi connectivity index (χ4n) is 1.71. The number of nitrogens with zero attached hydrogens (tertiary/aromatic N) is 1. The van der Waals surface area contributed by atoms with E-state index in [0.717, 1.165) is 0 Å². The highest BCUT2D eigenvalue weighted by atomic mass is 35.5. The maximum Gasteiger partial charge on any atom is 0.326 e. The molecule has 108 valence electrons. The van der Waals surface area contributed by atoms with E-state index in [0.29, 0.717) is 22.0 Å². The number of halogens is 2. The quantitative estimate of drug-likeness (QED) is 0.848. The fourth-order valence-corrected chi connectivity index (χ4v) is 2.23. The zero-order chi connectivity index (χ0) is 15.3. The Balaban J connectivity index is 2.90. The lowest BCUT2D eigenvalue weighted by molar-refractivity contribution is -0.147. The molecule has 1 N–H and O–H groups in total. The lowest BCUT2D eigenvalue weighted by atomic mass is 10.2. The summed E-state index contributed by atoms with van der Waals surface area (Å²) in [6, 6.07) is 4.17. The summed E-state index contributed by atoms with van der Waals surface area (Å²) in [5.74, 6) is -1.46. The molecule has 0 aromatic heterocycles. The van der Waals surface area contributed by atoms with E-state index < -0.39 is 17.9 Å². The van der Waals surface area contributed by atoms with Gasteiger partial charge in [-0.2, -0.15) is 0 Å². The monoisotopic (exact) mass is 315 g/mol. The molecule has 0 heterocycles. The number of benzene rings is 1. The number of aliphatic carboxylic acids is 1. The van der Waals surface area contributed by atoms with Crippen molar-refractivity contribution in [3.05, 3.63) is 39.9 Å². The fraction of sp³-hybridized carbons (Fsp3) is 0.286. The van der Waals surface area contributed by atoms with E-state index in [1.165, 1.54) is 24.1 Å². The third-order valence-corrected chi connectivity index (χ3v) is 3.54. The van der Waals surface area contributed by atoms with Crippen LogP contribution in [0.25, 0.3) is 6.08 Å². The van der Waals surface area contributed by atoms with E-state index in [9.17, 15) is 9.59 Å². The first-order valence-electron chi connectivity index (χ1n) is 6.00. The van der Waals surface area contributed by atoms with E-state index in [1.54, 1.807) is 25.1 Å². The van der Waals surface area contributed by atoms with Gasteiger partial charge < -0.3 is 10.0 Å². The van der Waals surface area contributed by atoms with Gasteiger partial charge in [0.2, 0.25) is 5.91 Å². The number of amides is 1. The van der Waals surface area contributed by atoms with Gasteiger partial charge in [0.1, 0.15) is 6.04 Å². The number of carboxylic acid groups (broad SMARTS) is 1. The Hall–Kier alpha value is -1.52. The molecule has 1 aromatic carbocycles. The summed E-state index contributed by atoms with van der Waals surface area (Å²) in [7, 11) is 1.45. The lowest BCUT2D eigenvalue weighted by Gasteiger charge is -2.22. The van der Waals surface area contributed by atoms with Crippen LogP contribution in [0.4, 0.5) is 0 Å². The number of hydrogen-bond acceptors (Lipinski definition) is 2. The second kappa shape index (κ2) is 7.31. The first kappa shape index (κ1) is 16.5. The zero-order valence-electron chi connectivity index (χ0n) is 11.1. The van der Waals surface area contributed by atoms with Crippen LogP contribution in [0.15, 0.2) is 24.3 Å². The molecule has 1 atom stereocenters. The second-order valence-electron chi connectivity index (χ2n) is 4.18. The van der Waals surface area contributed by atoms with Gasteiger partial charge in [0, 0.05) is 28.7 Å². The van der Waals surface area contributed by atoms with E-state index in [1.807, 2.05) is 0 Å². The minimum atomic E-state index is -1.03. The predicted molar refractivity (Wildman–Crippen MR) is 80.0 cm³/mol. The maximum atomic E-state index is 11.9. The highest BCUT2D eigenvalue weighted by Gasteiger charge is 2.23. The van der Waals surface area contributed by atoms with Crippen LogP contribution in [0.1, 0.15) is 18.9 Å². The molecule has 4 nitrogen and oxygen atoms in total. The van der Waals surface area contributed by atoms with Crippen molar-refractivity contribution in [2.24, 2.45) is 0 Å². The maximum absolute atomic E-state index is 11.9. The molecule has 1 rings (SSSR count). The van der Waals surface area contributed by atoms with Crippen molar-refractivity contribution in [3.8, 4) is 0 Å². The number of carbonyl (C=O) groups is 2. The van der Waals surface area contributed by atoms with Crippen molar-refractivity contribution < 1.29 is 14.7 Å². The van der Waals surface area contributed by atoms with E-state index in [-0.39, 0.29) is 0 Å². The summed E-state index contributed by atoms with van der Waals surface area (Å²) in [5.41, 5.74) is 0.529. The molecule has 0 bridgehead atoms. The van der Waals surface area contributed by atoms with Gasteiger partial charge in [0.25, 0.3) is 0 Å². The van der Waals surface area contributed by atoms with E-state index in [2.05, 4.69) is 0 Å². The van der Waals surface area contributed by atoms with Crippen LogP contribution in [0.3, 0.4) is 0 Å². The van der Waals surface area contributed by atoms with Crippen molar-refractivity contribution in [1.82, 2.24) is 4.90 Å². The van der Waals surface area contributed by atoms with Crippen molar-refractivity contribution in [2.75, 3.05) is 7.05 Å². The Morgan fingerprint density at radius 2 is 1.90 bits per heavy atom. The Morgan fingerprint density at radius 3 is 2.35 bits per heavy atom. The summed E-state index contributed by atoms with van der Waals surface area (Å²) in [4.78, 5) is 24.1. The highest BCUT2D eigenvalue weighted by Crippen LogP contribution is 2.25. The van der Waals surface area contributed by atoms with Crippen molar-refractivity contribution in [3.63, 3.8) is 0 Å². The Bertz CT molecular complexity index is 523. The van der Waals surface area contributed by atoms with Crippen LogP contribution in [-0.4, -0.2) is 35.0 Å². The number of likely N-dealkylation sites (N-methyl/N-ethyl adjacent to an activating group) is 1. The third kappa shape index (κ3) is 3.99. The highest BCUT2D eigenvalue weighted by molar-refractivity contribution is 6.37. The van der Waals surface area contributed by atoms with Crippen molar-refractivity contribution in [2.45, 2.75) is 19.4 Å². The molecule has 0 radical (unpaired) electrons. The molecule has 0 fully saturated rings. The molecule has 0 saturated carbocycles. The summed E-state index contributed by atoms with van der Waals surface area (Å²) in [6.07, 6.45) is 3.08. The first-order valence-corrected chi connectivity index (χ1v) is 6.75.